The van der Waals surface area contributed by atoms with Gasteiger partial charge in [-0.15, -0.1) is 0 Å². The van der Waals surface area contributed by atoms with Crippen LogP contribution in [0.15, 0.2) is 48.7 Å². The van der Waals surface area contributed by atoms with Crippen LogP contribution in [-0.4, -0.2) is 142 Å². The first-order valence-electron chi connectivity index (χ1n) is 22.1. The summed E-state index contributed by atoms with van der Waals surface area (Å²) in [5, 5.41) is 18.8. The highest BCUT2D eigenvalue weighted by Crippen LogP contribution is 2.37. The molecule has 5 aliphatic heterocycles. The van der Waals surface area contributed by atoms with Crippen molar-refractivity contribution in [1.82, 2.24) is 34.9 Å². The third-order valence-electron chi connectivity index (χ3n) is 13.3. The molecule has 4 fully saturated rings. The summed E-state index contributed by atoms with van der Waals surface area (Å²) < 4.78 is 5.69. The van der Waals surface area contributed by atoms with Gasteiger partial charge in [-0.3, -0.25) is 29.3 Å². The number of nitrogens with one attached hydrogen (secondary N) is 3. The summed E-state index contributed by atoms with van der Waals surface area (Å²) in [4.78, 5) is 94.3. The topological polar surface area (TPSA) is 236 Å². The van der Waals surface area contributed by atoms with Crippen LogP contribution >= 0.6 is 0 Å². The van der Waals surface area contributed by atoms with Crippen LogP contribution in [-0.2, 0) is 35.9 Å². The lowest BCUT2D eigenvalue weighted by Gasteiger charge is -2.40. The van der Waals surface area contributed by atoms with Gasteiger partial charge in [0.2, 0.25) is 23.6 Å². The molecule has 6 heterocycles. The molecule has 1 aromatic heterocycles. The number of likely N-dealkylation sites (N-methyl/N-ethyl adjacent to an activating group) is 1. The number of aromatic nitrogens is 2. The first kappa shape index (κ1) is 44.4. The molecule has 3 atom stereocenters. The van der Waals surface area contributed by atoms with E-state index in [1.165, 1.54) is 4.90 Å². The molecular weight excluding hydrogens is 823 g/mol. The van der Waals surface area contributed by atoms with E-state index < -0.39 is 18.2 Å². The maximum Gasteiger partial charge on any atom is 0.320 e. The Kier molecular flexibility index (Phi) is 13.1. The molecular formula is C45H57N11O8. The molecule has 4 saturated heterocycles. The molecule has 5 aliphatic rings. The van der Waals surface area contributed by atoms with Crippen molar-refractivity contribution in [2.24, 2.45) is 5.73 Å². The van der Waals surface area contributed by atoms with Crippen molar-refractivity contribution < 1.29 is 38.6 Å². The van der Waals surface area contributed by atoms with Crippen LogP contribution in [0.4, 0.5) is 27.8 Å². The van der Waals surface area contributed by atoms with Crippen LogP contribution < -0.4 is 26.6 Å². The Balaban J connectivity index is 0.775. The van der Waals surface area contributed by atoms with Gasteiger partial charge in [-0.25, -0.2) is 14.8 Å². The van der Waals surface area contributed by atoms with Gasteiger partial charge in [-0.05, 0) is 67.3 Å². The van der Waals surface area contributed by atoms with Gasteiger partial charge >= 0.3 is 6.03 Å². The number of hydrogen-bond acceptors (Lipinski definition) is 13. The summed E-state index contributed by atoms with van der Waals surface area (Å²) in [7, 11) is 1.83. The average Bonchev–Trinajstić information content (AvgIpc) is 3.81. The lowest BCUT2D eigenvalue weighted by atomic mass is 9.74. The highest BCUT2D eigenvalue weighted by Gasteiger charge is 2.40. The largest absolute Gasteiger partial charge is 0.380 e. The Morgan fingerprint density at radius 1 is 0.984 bits per heavy atom. The minimum atomic E-state index is -1.33. The number of hydrogen-bond donors (Lipinski definition) is 5. The van der Waals surface area contributed by atoms with Crippen LogP contribution in [0.2, 0.25) is 0 Å². The highest BCUT2D eigenvalue weighted by atomic mass is 16.5. The van der Waals surface area contributed by atoms with Gasteiger partial charge in [0.15, 0.2) is 5.82 Å². The maximum atomic E-state index is 13.1. The fourth-order valence-electron chi connectivity index (χ4n) is 9.41. The number of benzene rings is 2. The van der Waals surface area contributed by atoms with Crippen molar-refractivity contribution in [3.63, 3.8) is 0 Å². The molecule has 340 valence electrons. The molecule has 19 nitrogen and oxygen atoms in total. The number of nitrogens with zero attached hydrogens (tertiary/aromatic N) is 7. The number of anilines is 4. The van der Waals surface area contributed by atoms with Crippen molar-refractivity contribution in [3.8, 4) is 0 Å². The van der Waals surface area contributed by atoms with E-state index in [9.17, 15) is 33.9 Å². The fraction of sp³-hybridized carbons (Fsp3) is 0.511. The fourth-order valence-corrected chi connectivity index (χ4v) is 9.41. The van der Waals surface area contributed by atoms with Crippen LogP contribution in [0, 0.1) is 0 Å². The van der Waals surface area contributed by atoms with E-state index in [1.807, 2.05) is 29.0 Å². The molecule has 0 bridgehead atoms. The predicted octanol–water partition coefficient (Wildman–Crippen LogP) is 2.58. The standard InChI is InChI=1S/C45H57N11O8/c1-45(28-8-10-29(11-9-28)48-41-39(40(46)60)47-25-35(50-41)54-18-4-5-30(26-54)55-22-21-52(2)44(55)63)16-19-53(20-17-45)38(59)15-24-64-23-14-37(58)49-33-7-3-6-31-32(33)27-56(43(31)62)34-12-13-36(57)51-42(34)61/h3,6-11,25,30,34,40,60H,4-5,12-24,26-27,46H2,1-2H3,(H,48,50)(H,49,58)(H,51,57,61)/t30-,34?,40?/m1/s1. The van der Waals surface area contributed by atoms with E-state index >= 15 is 0 Å². The Labute approximate surface area is 371 Å². The van der Waals surface area contributed by atoms with E-state index in [0.717, 1.165) is 50.0 Å². The Morgan fingerprint density at radius 2 is 1.75 bits per heavy atom. The van der Waals surface area contributed by atoms with Crippen LogP contribution in [0.5, 0.6) is 0 Å². The third-order valence-corrected chi connectivity index (χ3v) is 13.3. The SMILES string of the molecule is CN1CCN([C@@H]2CCCN(c3cnc(C(N)O)c(Nc4ccc(C5(C)CCN(C(=O)CCOCCC(=O)Nc6cccc7c6CN(C6CCC(=O)NC6=O)C7=O)CC5)cc4)n3)C2)C1=O. The summed E-state index contributed by atoms with van der Waals surface area (Å²) in [6.07, 6.45) is 4.34. The molecule has 7 amide bonds. The number of fused-ring (bicyclic) bond motifs is 1. The number of aliphatic hydroxyl groups is 1. The van der Waals surface area contributed by atoms with Crippen molar-refractivity contribution >= 4 is 58.6 Å². The molecule has 0 radical (unpaired) electrons. The average molecular weight is 880 g/mol. The molecule has 0 spiro atoms. The van der Waals surface area contributed by atoms with Crippen molar-refractivity contribution in [2.45, 2.75) is 88.6 Å². The minimum absolute atomic E-state index is 0.00502. The second kappa shape index (κ2) is 18.9. The molecule has 8 rings (SSSR count). The van der Waals surface area contributed by atoms with Gasteiger partial charge in [0.05, 0.1) is 38.3 Å². The molecule has 2 unspecified atom stereocenters. The smallest absolute Gasteiger partial charge is 0.320 e. The normalized spacial score (nSPS) is 21.5. The number of amides is 7. The second-order valence-electron chi connectivity index (χ2n) is 17.6. The monoisotopic (exact) mass is 879 g/mol. The highest BCUT2D eigenvalue weighted by molar-refractivity contribution is 6.06. The van der Waals surface area contributed by atoms with Crippen molar-refractivity contribution in [3.05, 3.63) is 71.0 Å². The van der Waals surface area contributed by atoms with Crippen LogP contribution in [0.1, 0.15) is 91.7 Å². The number of piperidine rings is 3. The van der Waals surface area contributed by atoms with Gasteiger partial charge in [-0.2, -0.15) is 0 Å². The predicted molar refractivity (Wildman–Crippen MR) is 235 cm³/mol. The Bertz CT molecular complexity index is 2280. The molecule has 6 N–H and O–H groups in total. The van der Waals surface area contributed by atoms with Gasteiger partial charge in [-0.1, -0.05) is 25.1 Å². The van der Waals surface area contributed by atoms with E-state index in [4.69, 9.17) is 15.5 Å². The number of carbonyl (C=O) groups is 6. The van der Waals surface area contributed by atoms with Crippen molar-refractivity contribution in [2.75, 3.05) is 75.1 Å². The summed E-state index contributed by atoms with van der Waals surface area (Å²) in [5.74, 6) is -0.474. The van der Waals surface area contributed by atoms with Gasteiger partial charge < -0.3 is 50.7 Å². The zero-order valence-corrected chi connectivity index (χ0v) is 36.4. The number of nitrogens with two attached hydrogens (primary N) is 1. The summed E-state index contributed by atoms with van der Waals surface area (Å²) in [5.41, 5.74) is 9.39. The molecule has 3 aromatic rings. The third kappa shape index (κ3) is 9.51. The summed E-state index contributed by atoms with van der Waals surface area (Å²) in [6, 6.07) is 12.5. The van der Waals surface area contributed by atoms with Gasteiger partial charge in [0, 0.05) is 81.8 Å². The molecule has 64 heavy (non-hydrogen) atoms. The molecule has 0 aliphatic carbocycles. The lowest BCUT2D eigenvalue weighted by Crippen LogP contribution is -2.52. The number of likely N-dealkylation sites (tertiary alicyclic amines) is 1. The van der Waals surface area contributed by atoms with Gasteiger partial charge in [0.1, 0.15) is 23.8 Å². The Hall–Kier alpha value is -6.18. The number of carbonyl (C=O) groups excluding carboxylic acids is 6. The van der Waals surface area contributed by atoms with E-state index in [2.05, 4.69) is 44.9 Å². The van der Waals surface area contributed by atoms with Crippen molar-refractivity contribution in [1.29, 1.82) is 0 Å². The number of aliphatic hydroxyl groups excluding tert-OH is 1. The zero-order valence-electron chi connectivity index (χ0n) is 36.4. The van der Waals surface area contributed by atoms with Gasteiger partial charge in [0.25, 0.3) is 5.91 Å². The molecule has 2 aromatic carbocycles. The van der Waals surface area contributed by atoms with E-state index in [1.54, 1.807) is 29.3 Å². The Morgan fingerprint density at radius 3 is 2.47 bits per heavy atom. The number of rotatable bonds is 14. The number of imide groups is 1. The quantitative estimate of drug-likeness (QED) is 0.0891. The maximum absolute atomic E-state index is 13.1. The number of ether oxygens (including phenoxy) is 1. The first-order chi connectivity index (χ1) is 30.8. The lowest BCUT2D eigenvalue weighted by molar-refractivity contribution is -0.137. The zero-order chi connectivity index (χ0) is 45.1. The van der Waals surface area contributed by atoms with E-state index in [0.29, 0.717) is 54.6 Å². The minimum Gasteiger partial charge on any atom is -0.380 e. The summed E-state index contributed by atoms with van der Waals surface area (Å²) >= 11 is 0. The second-order valence-corrected chi connectivity index (χ2v) is 17.6. The molecule has 19 heteroatoms. The summed E-state index contributed by atoms with van der Waals surface area (Å²) in [6.45, 7) is 6.70. The molecule has 0 saturated carbocycles. The number of urea groups is 1. The van der Waals surface area contributed by atoms with E-state index in [-0.39, 0.29) is 92.3 Å². The van der Waals surface area contributed by atoms with Crippen LogP contribution in [0.3, 0.4) is 0 Å². The van der Waals surface area contributed by atoms with Crippen LogP contribution in [0.25, 0.3) is 0 Å². The first-order valence-corrected chi connectivity index (χ1v) is 22.1.